The second kappa shape index (κ2) is 10.1. The molecule has 5 N–H and O–H groups in total. The van der Waals surface area contributed by atoms with E-state index in [1.54, 1.807) is 0 Å². The zero-order valence-corrected chi connectivity index (χ0v) is 17.7. The summed E-state index contributed by atoms with van der Waals surface area (Å²) in [4.78, 5) is 60.5. The minimum Gasteiger partial charge on any atom is -0.344 e. The van der Waals surface area contributed by atoms with Crippen LogP contribution in [0, 0.1) is 19.8 Å². The first kappa shape index (κ1) is 26.4. The maximum Gasteiger partial charge on any atom is 0.490 e. The summed E-state index contributed by atoms with van der Waals surface area (Å²) in [5.41, 5.74) is -1.11. The smallest absolute Gasteiger partial charge is 0.344 e. The molecule has 1 aliphatic rings. The number of nitrogens with one attached hydrogen (secondary N) is 1. The minimum absolute atomic E-state index is 0.230. The monoisotopic (exact) mass is 490 g/mol. The quantitative estimate of drug-likeness (QED) is 0.182. The van der Waals surface area contributed by atoms with Gasteiger partial charge in [0.15, 0.2) is 6.23 Å². The Bertz CT molecular complexity index is 1070. The van der Waals surface area contributed by atoms with Crippen molar-refractivity contribution >= 4 is 23.5 Å². The fraction of sp³-hybridized carbons (Fsp3) is 0.333. The Balaban J connectivity index is 0.00000218. The van der Waals surface area contributed by atoms with E-state index in [9.17, 15) is 28.2 Å². The summed E-state index contributed by atoms with van der Waals surface area (Å²) in [7, 11) is -16.4. The van der Waals surface area contributed by atoms with Crippen LogP contribution in [0.25, 0.3) is 0 Å². The third-order valence-electron chi connectivity index (χ3n) is 3.04. The second-order valence-corrected chi connectivity index (χ2v) is 9.74. The molecule has 0 amide bonds. The molecule has 15 nitrogen and oxygen atoms in total. The van der Waals surface area contributed by atoms with Crippen molar-refractivity contribution in [1.82, 2.24) is 9.55 Å². The summed E-state index contributed by atoms with van der Waals surface area (Å²) < 4.78 is 51.3. The number of phosphoric ester groups is 1. The van der Waals surface area contributed by atoms with Gasteiger partial charge in [0.1, 0.15) is 6.10 Å². The van der Waals surface area contributed by atoms with Gasteiger partial charge in [-0.1, -0.05) is 6.08 Å². The molecule has 1 aromatic heterocycles. The van der Waals surface area contributed by atoms with Crippen LogP contribution in [0.1, 0.15) is 11.8 Å². The highest BCUT2D eigenvalue weighted by Crippen LogP contribution is 2.66. The van der Waals surface area contributed by atoms with Gasteiger partial charge in [-0.15, -0.1) is 12.8 Å². The third kappa shape index (κ3) is 8.23. The Labute approximate surface area is 168 Å². The van der Waals surface area contributed by atoms with E-state index >= 15 is 0 Å². The molecule has 0 saturated carbocycles. The van der Waals surface area contributed by atoms with E-state index in [0.717, 1.165) is 4.57 Å². The SMILES string of the molecule is C#C.Cc1cn(C2C=C[C@@H](COP(=O)(O)OP(=O)(O)OP(=O)(O)O)O2)c(=O)[nH]c1=O. The Morgan fingerprint density at radius 1 is 1.10 bits per heavy atom. The zero-order chi connectivity index (χ0) is 23.3. The van der Waals surface area contributed by atoms with Crippen molar-refractivity contribution in [3.8, 4) is 12.8 Å². The van der Waals surface area contributed by atoms with Gasteiger partial charge in [-0.3, -0.25) is 18.9 Å². The van der Waals surface area contributed by atoms with Crippen LogP contribution in [0.4, 0.5) is 0 Å². The van der Waals surface area contributed by atoms with Crippen LogP contribution in [0.2, 0.25) is 0 Å². The number of hydrogen-bond donors (Lipinski definition) is 5. The molecule has 0 radical (unpaired) electrons. The molecule has 4 atom stereocenters. The fourth-order valence-electron chi connectivity index (χ4n) is 1.99. The molecular weight excluding hydrogens is 473 g/mol. The van der Waals surface area contributed by atoms with Gasteiger partial charge in [-0.25, -0.2) is 18.5 Å². The van der Waals surface area contributed by atoms with Crippen molar-refractivity contribution in [2.24, 2.45) is 0 Å². The highest BCUT2D eigenvalue weighted by atomic mass is 31.3. The molecule has 18 heteroatoms. The van der Waals surface area contributed by atoms with Crippen LogP contribution in [0.3, 0.4) is 0 Å². The molecule has 0 saturated heterocycles. The molecule has 0 aromatic carbocycles. The molecule has 0 fully saturated rings. The van der Waals surface area contributed by atoms with E-state index in [0.29, 0.717) is 0 Å². The Morgan fingerprint density at radius 2 is 1.70 bits per heavy atom. The Hall–Kier alpha value is -1.65. The number of aromatic amines is 1. The van der Waals surface area contributed by atoms with E-state index in [4.69, 9.17) is 19.4 Å². The zero-order valence-electron chi connectivity index (χ0n) is 15.0. The minimum atomic E-state index is -5.61. The standard InChI is InChI=1S/C10H15N2O13P3.C2H2/c1-6-4-12(10(14)11-9(6)13)8-3-2-7(23-8)5-22-27(18,19)25-28(20,21)24-26(15,16)17;1-2/h2-4,7-8H,5H2,1H3,(H,18,19)(H,20,21)(H,11,13,14)(H2,15,16,17);1-2H/t7-,8?;/m0./s1. The number of rotatable bonds is 8. The number of nitrogens with zero attached hydrogens (tertiary/aromatic N) is 1. The van der Waals surface area contributed by atoms with Gasteiger partial charge >= 0.3 is 29.2 Å². The molecule has 1 aromatic rings. The normalized spacial score (nSPS) is 22.5. The molecule has 3 unspecified atom stereocenters. The second-order valence-electron chi connectivity index (χ2n) is 5.32. The van der Waals surface area contributed by atoms with Crippen molar-refractivity contribution in [3.05, 3.63) is 44.8 Å². The summed E-state index contributed by atoms with van der Waals surface area (Å²) in [6.07, 6.45) is 9.97. The molecule has 168 valence electrons. The van der Waals surface area contributed by atoms with Crippen molar-refractivity contribution in [2.45, 2.75) is 19.3 Å². The lowest BCUT2D eigenvalue weighted by atomic mass is 10.3. The van der Waals surface area contributed by atoms with Crippen LogP contribution >= 0.6 is 23.5 Å². The maximum absolute atomic E-state index is 11.8. The summed E-state index contributed by atoms with van der Waals surface area (Å²) in [5, 5.41) is 0. The number of ether oxygens (including phenoxy) is 1. The van der Waals surface area contributed by atoms with Gasteiger partial charge in [-0.2, -0.15) is 8.62 Å². The maximum atomic E-state index is 11.8. The van der Waals surface area contributed by atoms with Gasteiger partial charge in [0.2, 0.25) is 0 Å². The van der Waals surface area contributed by atoms with Crippen molar-refractivity contribution in [3.63, 3.8) is 0 Å². The van der Waals surface area contributed by atoms with E-state index in [1.807, 2.05) is 0 Å². The van der Waals surface area contributed by atoms with Crippen LogP contribution in [-0.4, -0.2) is 41.8 Å². The number of phosphoric acid groups is 3. The summed E-state index contributed by atoms with van der Waals surface area (Å²) >= 11 is 0. The van der Waals surface area contributed by atoms with E-state index < -0.39 is 53.7 Å². The van der Waals surface area contributed by atoms with Crippen LogP contribution < -0.4 is 11.2 Å². The van der Waals surface area contributed by atoms with Crippen molar-refractivity contribution in [2.75, 3.05) is 6.61 Å². The Kier molecular flexibility index (Phi) is 8.89. The molecule has 2 heterocycles. The molecular formula is C12H17N2O13P3. The largest absolute Gasteiger partial charge is 0.490 e. The fourth-order valence-corrected chi connectivity index (χ4v) is 5.02. The van der Waals surface area contributed by atoms with E-state index in [2.05, 4.69) is 31.0 Å². The van der Waals surface area contributed by atoms with Crippen molar-refractivity contribution < 1.29 is 51.2 Å². The lowest BCUT2D eigenvalue weighted by Gasteiger charge is -2.19. The average Bonchev–Trinajstić information content (AvgIpc) is 3.04. The summed E-state index contributed by atoms with van der Waals surface area (Å²) in [6, 6.07) is 0. The summed E-state index contributed by atoms with van der Waals surface area (Å²) in [6.45, 7) is 0.758. The third-order valence-corrected chi connectivity index (χ3v) is 6.85. The first-order valence-electron chi connectivity index (χ1n) is 7.45. The Morgan fingerprint density at radius 3 is 2.27 bits per heavy atom. The molecule has 1 aliphatic heterocycles. The number of H-pyrrole nitrogens is 1. The van der Waals surface area contributed by atoms with Gasteiger partial charge in [-0.05, 0) is 13.0 Å². The predicted molar refractivity (Wildman–Crippen MR) is 98.8 cm³/mol. The van der Waals surface area contributed by atoms with Crippen LogP contribution in [0.5, 0.6) is 0 Å². The van der Waals surface area contributed by atoms with Crippen LogP contribution in [-0.2, 0) is 31.6 Å². The highest BCUT2D eigenvalue weighted by molar-refractivity contribution is 7.66. The topological polar surface area (TPSA) is 224 Å². The lowest BCUT2D eigenvalue weighted by Crippen LogP contribution is -2.33. The molecule has 0 spiro atoms. The molecule has 0 bridgehead atoms. The average molecular weight is 490 g/mol. The molecule has 30 heavy (non-hydrogen) atoms. The first-order chi connectivity index (χ1) is 13.7. The molecule has 2 rings (SSSR count). The van der Waals surface area contributed by atoms with Gasteiger partial charge in [0.05, 0.1) is 6.61 Å². The number of aryl methyl sites for hydroxylation is 1. The summed E-state index contributed by atoms with van der Waals surface area (Å²) in [5.74, 6) is 0. The first-order valence-corrected chi connectivity index (χ1v) is 12.0. The molecule has 0 aliphatic carbocycles. The van der Waals surface area contributed by atoms with E-state index in [1.165, 1.54) is 25.3 Å². The predicted octanol–water partition coefficient (Wildman–Crippen LogP) is -0.109. The number of aromatic nitrogens is 2. The van der Waals surface area contributed by atoms with Gasteiger partial charge in [0.25, 0.3) is 5.56 Å². The number of terminal acetylenes is 1. The van der Waals surface area contributed by atoms with Gasteiger partial charge < -0.3 is 24.3 Å². The highest BCUT2D eigenvalue weighted by Gasteiger charge is 2.41. The number of hydrogen-bond acceptors (Lipinski definition) is 9. The van der Waals surface area contributed by atoms with Crippen molar-refractivity contribution in [1.29, 1.82) is 0 Å². The lowest BCUT2D eigenvalue weighted by molar-refractivity contribution is -0.0105. The van der Waals surface area contributed by atoms with Gasteiger partial charge in [0, 0.05) is 11.8 Å². The van der Waals surface area contributed by atoms with E-state index in [-0.39, 0.29) is 5.56 Å². The van der Waals surface area contributed by atoms with Crippen LogP contribution in [0.15, 0.2) is 27.9 Å².